The van der Waals surface area contributed by atoms with E-state index in [-0.39, 0.29) is 12.4 Å². The second kappa shape index (κ2) is 5.47. The van der Waals surface area contributed by atoms with Crippen LogP contribution in [0.5, 0.6) is 5.75 Å². The summed E-state index contributed by atoms with van der Waals surface area (Å²) < 4.78 is 6.46. The molecule has 0 spiro atoms. The molecule has 0 saturated carbocycles. The maximum absolute atomic E-state index is 11.8. The number of Topliss-reactive ketones (excluding diaryl/α,β-unsaturated/α-hetero) is 1. The molecular weight excluding hydrogens is 300 g/mol. The lowest BCUT2D eigenvalue weighted by Gasteiger charge is -2.06. The number of carbonyl (C=O) groups is 1. The maximum atomic E-state index is 11.8. The fourth-order valence-corrected chi connectivity index (χ4v) is 2.71. The summed E-state index contributed by atoms with van der Waals surface area (Å²) in [6.45, 7) is 2.04. The van der Waals surface area contributed by atoms with Gasteiger partial charge in [-0.1, -0.05) is 18.2 Å². The first-order chi connectivity index (χ1) is 8.16. The van der Waals surface area contributed by atoms with Gasteiger partial charge >= 0.3 is 0 Å². The Bertz CT molecular complexity index is 534. The van der Waals surface area contributed by atoms with Crippen molar-refractivity contribution in [1.29, 1.82) is 0 Å². The number of carbonyl (C=O) groups excluding carboxylic acids is 1. The van der Waals surface area contributed by atoms with Gasteiger partial charge in [-0.15, -0.1) is 11.3 Å². The number of halogens is 1. The van der Waals surface area contributed by atoms with Gasteiger partial charge in [0.1, 0.15) is 5.75 Å². The highest BCUT2D eigenvalue weighted by atomic mass is 79.9. The first-order valence-electron chi connectivity index (χ1n) is 5.14. The van der Waals surface area contributed by atoms with Gasteiger partial charge in [0.15, 0.2) is 6.61 Å². The molecule has 1 heterocycles. The van der Waals surface area contributed by atoms with Crippen molar-refractivity contribution in [1.82, 2.24) is 0 Å². The van der Waals surface area contributed by atoms with Crippen molar-refractivity contribution in [2.75, 3.05) is 6.61 Å². The molecule has 0 saturated heterocycles. The van der Waals surface area contributed by atoms with E-state index in [1.807, 2.05) is 37.3 Å². The molecule has 0 unspecified atom stereocenters. The summed E-state index contributed by atoms with van der Waals surface area (Å²) in [6, 6.07) is 11.3. The van der Waals surface area contributed by atoms with Crippen LogP contribution in [0.1, 0.15) is 15.2 Å². The summed E-state index contributed by atoms with van der Waals surface area (Å²) in [5.41, 5.74) is 1.03. The third-order valence-corrected chi connectivity index (χ3v) is 3.97. The maximum Gasteiger partial charge on any atom is 0.210 e. The molecule has 0 aliphatic heterocycles. The van der Waals surface area contributed by atoms with Crippen LogP contribution in [0.25, 0.3) is 0 Å². The Morgan fingerprint density at radius 2 is 2.06 bits per heavy atom. The number of hydrogen-bond donors (Lipinski definition) is 0. The molecule has 0 N–H and O–H groups in total. The Morgan fingerprint density at radius 1 is 1.29 bits per heavy atom. The minimum absolute atomic E-state index is 0.00366. The second-order valence-electron chi connectivity index (χ2n) is 3.58. The molecule has 2 nitrogen and oxygen atoms in total. The van der Waals surface area contributed by atoms with Gasteiger partial charge in [-0.2, -0.15) is 0 Å². The molecule has 0 atom stereocenters. The standard InChI is InChI=1S/C13H11BrO2S/c1-9-4-2-3-5-11(9)16-8-10(15)12-6-7-13(14)17-12/h2-7H,8H2,1H3. The van der Waals surface area contributed by atoms with Crippen LogP contribution in [-0.2, 0) is 0 Å². The molecule has 2 rings (SSSR count). The summed E-state index contributed by atoms with van der Waals surface area (Å²) in [6.07, 6.45) is 0. The summed E-state index contributed by atoms with van der Waals surface area (Å²) in [7, 11) is 0. The minimum atomic E-state index is 0.00366. The molecule has 0 aliphatic rings. The van der Waals surface area contributed by atoms with Crippen LogP contribution < -0.4 is 4.74 Å². The van der Waals surface area contributed by atoms with E-state index in [1.54, 1.807) is 6.07 Å². The molecule has 0 amide bonds. The van der Waals surface area contributed by atoms with Gasteiger partial charge in [-0.3, -0.25) is 4.79 Å². The highest BCUT2D eigenvalue weighted by Crippen LogP contribution is 2.23. The Hall–Kier alpha value is -1.13. The van der Waals surface area contributed by atoms with E-state index < -0.39 is 0 Å². The van der Waals surface area contributed by atoms with E-state index >= 15 is 0 Å². The van der Waals surface area contributed by atoms with E-state index in [4.69, 9.17) is 4.74 Å². The number of ketones is 1. The average Bonchev–Trinajstić information content (AvgIpc) is 2.74. The SMILES string of the molecule is Cc1ccccc1OCC(=O)c1ccc(Br)s1. The lowest BCUT2D eigenvalue weighted by molar-refractivity contribution is 0.0925. The van der Waals surface area contributed by atoms with Crippen LogP contribution in [0.4, 0.5) is 0 Å². The molecular formula is C13H11BrO2S. The number of ether oxygens (including phenoxy) is 1. The number of para-hydroxylation sites is 1. The first kappa shape index (κ1) is 12.3. The summed E-state index contributed by atoms with van der Waals surface area (Å²) in [5.74, 6) is 0.764. The Morgan fingerprint density at radius 3 is 2.71 bits per heavy atom. The molecule has 17 heavy (non-hydrogen) atoms. The van der Waals surface area contributed by atoms with Crippen LogP contribution in [0.15, 0.2) is 40.2 Å². The van der Waals surface area contributed by atoms with Crippen LogP contribution in [0.3, 0.4) is 0 Å². The van der Waals surface area contributed by atoms with Crippen molar-refractivity contribution in [3.8, 4) is 5.75 Å². The van der Waals surface area contributed by atoms with Crippen molar-refractivity contribution < 1.29 is 9.53 Å². The number of hydrogen-bond acceptors (Lipinski definition) is 3. The monoisotopic (exact) mass is 310 g/mol. The zero-order valence-corrected chi connectivity index (χ0v) is 11.7. The summed E-state index contributed by atoms with van der Waals surface area (Å²) >= 11 is 4.76. The summed E-state index contributed by atoms with van der Waals surface area (Å²) in [5, 5.41) is 0. The van der Waals surface area contributed by atoms with Crippen LogP contribution in [-0.4, -0.2) is 12.4 Å². The molecule has 1 aromatic carbocycles. The van der Waals surface area contributed by atoms with Crippen LogP contribution in [0.2, 0.25) is 0 Å². The molecule has 0 fully saturated rings. The van der Waals surface area contributed by atoms with Gasteiger partial charge in [0.25, 0.3) is 0 Å². The molecule has 2 aromatic rings. The number of aryl methyl sites for hydroxylation is 1. The van der Waals surface area contributed by atoms with Crippen molar-refractivity contribution >= 4 is 33.0 Å². The van der Waals surface area contributed by atoms with E-state index in [0.29, 0.717) is 4.88 Å². The predicted octanol–water partition coefficient (Wildman–Crippen LogP) is 4.08. The molecule has 0 radical (unpaired) electrons. The van der Waals surface area contributed by atoms with Crippen molar-refractivity contribution in [3.63, 3.8) is 0 Å². The zero-order chi connectivity index (χ0) is 12.3. The van der Waals surface area contributed by atoms with Gasteiger partial charge in [-0.05, 0) is 46.6 Å². The van der Waals surface area contributed by atoms with Gasteiger partial charge in [0.2, 0.25) is 5.78 Å². The van der Waals surface area contributed by atoms with Crippen molar-refractivity contribution in [3.05, 3.63) is 50.6 Å². The van der Waals surface area contributed by atoms with Crippen molar-refractivity contribution in [2.24, 2.45) is 0 Å². The fourth-order valence-electron chi connectivity index (χ4n) is 1.40. The quantitative estimate of drug-likeness (QED) is 0.795. The highest BCUT2D eigenvalue weighted by molar-refractivity contribution is 9.11. The Kier molecular flexibility index (Phi) is 3.97. The van der Waals surface area contributed by atoms with E-state index in [1.165, 1.54) is 11.3 Å². The van der Waals surface area contributed by atoms with Gasteiger partial charge in [-0.25, -0.2) is 0 Å². The number of benzene rings is 1. The number of rotatable bonds is 4. The molecule has 88 valence electrons. The molecule has 4 heteroatoms. The average molecular weight is 311 g/mol. The van der Waals surface area contributed by atoms with Gasteiger partial charge < -0.3 is 4.74 Å². The topological polar surface area (TPSA) is 26.3 Å². The summed E-state index contributed by atoms with van der Waals surface area (Å²) in [4.78, 5) is 12.5. The van der Waals surface area contributed by atoms with Crippen LogP contribution >= 0.6 is 27.3 Å². The first-order valence-corrected chi connectivity index (χ1v) is 6.75. The van der Waals surface area contributed by atoms with E-state index in [9.17, 15) is 4.79 Å². The van der Waals surface area contributed by atoms with E-state index in [0.717, 1.165) is 15.1 Å². The van der Waals surface area contributed by atoms with Crippen LogP contribution in [0, 0.1) is 6.92 Å². The van der Waals surface area contributed by atoms with Gasteiger partial charge in [0, 0.05) is 0 Å². The van der Waals surface area contributed by atoms with Crippen molar-refractivity contribution in [2.45, 2.75) is 6.92 Å². The molecule has 0 aliphatic carbocycles. The Labute approximate surface area is 112 Å². The molecule has 0 bridgehead atoms. The zero-order valence-electron chi connectivity index (χ0n) is 9.27. The second-order valence-corrected chi connectivity index (χ2v) is 6.04. The highest BCUT2D eigenvalue weighted by Gasteiger charge is 2.10. The number of thiophene rings is 1. The normalized spacial score (nSPS) is 10.2. The van der Waals surface area contributed by atoms with Gasteiger partial charge in [0.05, 0.1) is 8.66 Å². The Balaban J connectivity index is 1.99. The van der Waals surface area contributed by atoms with E-state index in [2.05, 4.69) is 15.9 Å². The smallest absolute Gasteiger partial charge is 0.210 e. The minimum Gasteiger partial charge on any atom is -0.485 e. The molecule has 1 aromatic heterocycles. The lowest BCUT2D eigenvalue weighted by atomic mass is 10.2. The third-order valence-electron chi connectivity index (χ3n) is 2.30. The lowest BCUT2D eigenvalue weighted by Crippen LogP contribution is -2.10. The predicted molar refractivity (Wildman–Crippen MR) is 73.0 cm³/mol. The largest absolute Gasteiger partial charge is 0.485 e. The third kappa shape index (κ3) is 3.17. The fraction of sp³-hybridized carbons (Fsp3) is 0.154.